The molecule has 1 aliphatic rings. The predicted octanol–water partition coefficient (Wildman–Crippen LogP) is 3.79. The van der Waals surface area contributed by atoms with Gasteiger partial charge < -0.3 is 10.1 Å². The third-order valence-electron chi connectivity index (χ3n) is 4.92. The summed E-state index contributed by atoms with van der Waals surface area (Å²) in [6.07, 6.45) is 2.07. The van der Waals surface area contributed by atoms with Crippen LogP contribution >= 0.6 is 0 Å². The number of rotatable bonds is 7. The molecule has 0 aliphatic carbocycles. The Labute approximate surface area is 160 Å². The molecule has 1 fully saturated rings. The molecule has 1 N–H and O–H groups in total. The Hall–Kier alpha value is -2.82. The smallest absolute Gasteiger partial charge is 0.325 e. The van der Waals surface area contributed by atoms with E-state index in [1.165, 1.54) is 10.5 Å². The van der Waals surface area contributed by atoms with Gasteiger partial charge in [-0.15, -0.1) is 0 Å². The maximum atomic E-state index is 12.9. The molecule has 5 nitrogen and oxygen atoms in total. The summed E-state index contributed by atoms with van der Waals surface area (Å²) in [7, 11) is 0. The Morgan fingerprint density at radius 3 is 2.52 bits per heavy atom. The summed E-state index contributed by atoms with van der Waals surface area (Å²) in [5.41, 5.74) is 2.08. The van der Waals surface area contributed by atoms with Crippen LogP contribution in [-0.2, 0) is 16.8 Å². The lowest BCUT2D eigenvalue weighted by atomic mass is 9.91. The number of amides is 3. The molecule has 0 radical (unpaired) electrons. The molecule has 3 rings (SSSR count). The van der Waals surface area contributed by atoms with Crippen LogP contribution in [0.4, 0.5) is 4.79 Å². The van der Waals surface area contributed by atoms with Crippen molar-refractivity contribution in [2.24, 2.45) is 0 Å². The molecule has 3 amide bonds. The fourth-order valence-electron chi connectivity index (χ4n) is 3.35. The van der Waals surface area contributed by atoms with Crippen molar-refractivity contribution in [3.05, 3.63) is 65.2 Å². The Balaban J connectivity index is 1.66. The Bertz CT molecular complexity index is 832. The van der Waals surface area contributed by atoms with Gasteiger partial charge in [-0.3, -0.25) is 9.69 Å². The van der Waals surface area contributed by atoms with Crippen LogP contribution in [0.15, 0.2) is 48.5 Å². The fraction of sp³-hybridized carbons (Fsp3) is 0.364. The molecular formula is C22H26N2O3. The third-order valence-corrected chi connectivity index (χ3v) is 4.92. The van der Waals surface area contributed by atoms with E-state index in [2.05, 4.69) is 12.2 Å². The van der Waals surface area contributed by atoms with E-state index in [1.54, 1.807) is 6.92 Å². The highest BCUT2D eigenvalue weighted by atomic mass is 16.5. The van der Waals surface area contributed by atoms with Gasteiger partial charge in [-0.05, 0) is 49.1 Å². The van der Waals surface area contributed by atoms with E-state index in [-0.39, 0.29) is 25.1 Å². The highest BCUT2D eigenvalue weighted by molar-refractivity contribution is 6.07. The molecule has 2 aromatic rings. The van der Waals surface area contributed by atoms with Crippen molar-refractivity contribution < 1.29 is 14.3 Å². The zero-order valence-electron chi connectivity index (χ0n) is 16.1. The minimum absolute atomic E-state index is 0.210. The first-order valence-corrected chi connectivity index (χ1v) is 9.37. The van der Waals surface area contributed by atoms with Crippen LogP contribution in [0.25, 0.3) is 0 Å². The molecule has 0 saturated carbocycles. The average Bonchev–Trinajstić information content (AvgIpc) is 2.86. The minimum Gasteiger partial charge on any atom is -0.492 e. The molecule has 1 saturated heterocycles. The second-order valence-corrected chi connectivity index (χ2v) is 7.12. The number of imide groups is 1. The zero-order chi connectivity index (χ0) is 19.4. The number of aryl methyl sites for hydroxylation is 2. The van der Waals surface area contributed by atoms with Gasteiger partial charge in [0.25, 0.3) is 5.91 Å². The van der Waals surface area contributed by atoms with Crippen LogP contribution in [-0.4, -0.2) is 30.0 Å². The summed E-state index contributed by atoms with van der Waals surface area (Å²) in [6, 6.07) is 15.2. The SMILES string of the molecule is CCCc1ccc(C2(C)NC(=O)N(CCOc3cccc(C)c3)C2=O)cc1. The van der Waals surface area contributed by atoms with Crippen LogP contribution in [0.5, 0.6) is 5.75 Å². The monoisotopic (exact) mass is 366 g/mol. The number of urea groups is 1. The van der Waals surface area contributed by atoms with Crippen LogP contribution in [0.3, 0.4) is 0 Å². The van der Waals surface area contributed by atoms with E-state index >= 15 is 0 Å². The van der Waals surface area contributed by atoms with E-state index in [0.29, 0.717) is 0 Å². The van der Waals surface area contributed by atoms with Crippen molar-refractivity contribution in [2.75, 3.05) is 13.2 Å². The van der Waals surface area contributed by atoms with Gasteiger partial charge in [-0.2, -0.15) is 0 Å². The van der Waals surface area contributed by atoms with Gasteiger partial charge in [0.2, 0.25) is 0 Å². The van der Waals surface area contributed by atoms with Crippen LogP contribution in [0.2, 0.25) is 0 Å². The third kappa shape index (κ3) is 3.97. The first kappa shape index (κ1) is 19.0. The largest absolute Gasteiger partial charge is 0.492 e. The summed E-state index contributed by atoms with van der Waals surface area (Å²) in [5, 5.41) is 2.84. The molecule has 2 aromatic carbocycles. The molecule has 1 atom stereocenters. The number of hydrogen-bond donors (Lipinski definition) is 1. The highest BCUT2D eigenvalue weighted by Gasteiger charge is 2.48. The van der Waals surface area contributed by atoms with Crippen molar-refractivity contribution in [1.29, 1.82) is 0 Å². The minimum atomic E-state index is -1.04. The maximum absolute atomic E-state index is 12.9. The van der Waals surface area contributed by atoms with Crippen LogP contribution in [0, 0.1) is 6.92 Å². The first-order valence-electron chi connectivity index (χ1n) is 9.37. The van der Waals surface area contributed by atoms with Crippen molar-refractivity contribution in [1.82, 2.24) is 10.2 Å². The second-order valence-electron chi connectivity index (χ2n) is 7.12. The lowest BCUT2D eigenvalue weighted by Crippen LogP contribution is -2.41. The average molecular weight is 366 g/mol. The Kier molecular flexibility index (Phi) is 5.49. The summed E-state index contributed by atoms with van der Waals surface area (Å²) in [4.78, 5) is 26.5. The molecular weight excluding hydrogens is 340 g/mol. The quantitative estimate of drug-likeness (QED) is 0.759. The standard InChI is InChI=1S/C22H26N2O3/c1-4-6-17-9-11-18(12-10-17)22(3)20(25)24(21(26)23-22)13-14-27-19-8-5-7-16(2)15-19/h5,7-12,15H,4,6,13-14H2,1-3H3,(H,23,26). The van der Waals surface area contributed by atoms with Crippen LogP contribution in [0.1, 0.15) is 37.0 Å². The van der Waals surface area contributed by atoms with Gasteiger partial charge in [0.1, 0.15) is 17.9 Å². The highest BCUT2D eigenvalue weighted by Crippen LogP contribution is 2.29. The lowest BCUT2D eigenvalue weighted by molar-refractivity contribution is -0.131. The first-order chi connectivity index (χ1) is 12.9. The van der Waals surface area contributed by atoms with Gasteiger partial charge in [-0.25, -0.2) is 4.79 Å². The normalized spacial score (nSPS) is 19.3. The molecule has 1 unspecified atom stereocenters. The zero-order valence-corrected chi connectivity index (χ0v) is 16.1. The number of hydrogen-bond acceptors (Lipinski definition) is 3. The van der Waals surface area contributed by atoms with Gasteiger partial charge in [-0.1, -0.05) is 49.7 Å². The molecule has 0 aromatic heterocycles. The van der Waals surface area contributed by atoms with Gasteiger partial charge >= 0.3 is 6.03 Å². The van der Waals surface area contributed by atoms with E-state index < -0.39 is 5.54 Å². The van der Waals surface area contributed by atoms with E-state index in [1.807, 2.05) is 55.5 Å². The molecule has 1 heterocycles. The molecule has 1 aliphatic heterocycles. The van der Waals surface area contributed by atoms with Gasteiger partial charge in [0, 0.05) is 0 Å². The number of nitrogens with zero attached hydrogens (tertiary/aromatic N) is 1. The molecule has 27 heavy (non-hydrogen) atoms. The number of nitrogens with one attached hydrogen (secondary N) is 1. The molecule has 0 bridgehead atoms. The number of carbonyl (C=O) groups is 2. The Morgan fingerprint density at radius 1 is 1.11 bits per heavy atom. The summed E-state index contributed by atoms with van der Waals surface area (Å²) in [6.45, 7) is 6.34. The van der Waals surface area contributed by atoms with E-state index in [0.717, 1.165) is 29.7 Å². The van der Waals surface area contributed by atoms with E-state index in [9.17, 15) is 9.59 Å². The lowest BCUT2D eigenvalue weighted by Gasteiger charge is -2.22. The maximum Gasteiger partial charge on any atom is 0.325 e. The van der Waals surface area contributed by atoms with Gasteiger partial charge in [0.15, 0.2) is 0 Å². The molecule has 5 heteroatoms. The molecule has 142 valence electrons. The summed E-state index contributed by atoms with van der Waals surface area (Å²) >= 11 is 0. The number of benzene rings is 2. The summed E-state index contributed by atoms with van der Waals surface area (Å²) < 4.78 is 5.69. The van der Waals surface area contributed by atoms with Crippen molar-refractivity contribution in [3.63, 3.8) is 0 Å². The Morgan fingerprint density at radius 2 is 1.85 bits per heavy atom. The topological polar surface area (TPSA) is 58.6 Å². The predicted molar refractivity (Wildman–Crippen MR) is 105 cm³/mol. The number of ether oxygens (including phenoxy) is 1. The fourth-order valence-corrected chi connectivity index (χ4v) is 3.35. The second kappa shape index (κ2) is 7.82. The van der Waals surface area contributed by atoms with Crippen molar-refractivity contribution in [2.45, 2.75) is 39.2 Å². The van der Waals surface area contributed by atoms with E-state index in [4.69, 9.17) is 4.74 Å². The number of carbonyl (C=O) groups excluding carboxylic acids is 2. The van der Waals surface area contributed by atoms with Crippen molar-refractivity contribution >= 4 is 11.9 Å². The van der Waals surface area contributed by atoms with Crippen molar-refractivity contribution in [3.8, 4) is 5.75 Å². The van der Waals surface area contributed by atoms with Crippen LogP contribution < -0.4 is 10.1 Å². The van der Waals surface area contributed by atoms with Gasteiger partial charge in [0.05, 0.1) is 6.54 Å². The molecule has 0 spiro atoms. The summed E-state index contributed by atoms with van der Waals surface area (Å²) in [5.74, 6) is 0.486.